The van der Waals surface area contributed by atoms with Crippen molar-refractivity contribution in [1.82, 2.24) is 0 Å². The van der Waals surface area contributed by atoms with Gasteiger partial charge >= 0.3 is 0 Å². The van der Waals surface area contributed by atoms with Crippen molar-refractivity contribution < 1.29 is 23.5 Å². The number of hydrazone groups is 1. The fourth-order valence-electron chi connectivity index (χ4n) is 2.10. The van der Waals surface area contributed by atoms with Crippen molar-refractivity contribution in [2.24, 2.45) is 5.10 Å². The van der Waals surface area contributed by atoms with E-state index in [0.717, 1.165) is 0 Å². The summed E-state index contributed by atoms with van der Waals surface area (Å²) >= 11 is 0. The van der Waals surface area contributed by atoms with E-state index >= 15 is 0 Å². The van der Waals surface area contributed by atoms with Gasteiger partial charge in [0.25, 0.3) is 5.91 Å². The van der Waals surface area contributed by atoms with Gasteiger partial charge in [0.1, 0.15) is 35.8 Å². The van der Waals surface area contributed by atoms with Crippen molar-refractivity contribution in [2.75, 3.05) is 18.7 Å². The summed E-state index contributed by atoms with van der Waals surface area (Å²) in [6.45, 7) is -0.00320. The summed E-state index contributed by atoms with van der Waals surface area (Å²) in [5.41, 5.74) is 1.41. The summed E-state index contributed by atoms with van der Waals surface area (Å²) in [6, 6.07) is 4.97. The third kappa shape index (κ3) is 2.59. The van der Waals surface area contributed by atoms with Crippen LogP contribution in [0.2, 0.25) is 0 Å². The van der Waals surface area contributed by atoms with Crippen molar-refractivity contribution >= 4 is 23.4 Å². The fraction of sp³-hybridized carbons (Fsp3) is 0.200. The molecular formula is C15H14N2O5. The lowest BCUT2D eigenvalue weighted by Crippen LogP contribution is -2.21. The van der Waals surface area contributed by atoms with Crippen LogP contribution in [0.4, 0.5) is 5.69 Å². The summed E-state index contributed by atoms with van der Waals surface area (Å²) in [5, 5.41) is 14.5. The molecule has 114 valence electrons. The Morgan fingerprint density at radius 3 is 2.91 bits per heavy atom. The molecule has 7 nitrogen and oxygen atoms in total. The molecule has 22 heavy (non-hydrogen) atoms. The average Bonchev–Trinajstić information content (AvgIpc) is 3.23. The van der Waals surface area contributed by atoms with Gasteiger partial charge in [0.05, 0.1) is 18.4 Å². The number of amides is 1. The van der Waals surface area contributed by atoms with Crippen LogP contribution in [0.3, 0.4) is 0 Å². The molecule has 0 radical (unpaired) electrons. The number of carbonyl (C=O) groups is 1. The molecule has 0 unspecified atom stereocenters. The first-order chi connectivity index (χ1) is 10.7. The zero-order valence-corrected chi connectivity index (χ0v) is 11.9. The van der Waals surface area contributed by atoms with Gasteiger partial charge in [0.15, 0.2) is 0 Å². The third-order valence-corrected chi connectivity index (χ3v) is 3.11. The number of aliphatic hydroxyl groups excluding tert-OH is 1. The van der Waals surface area contributed by atoms with Gasteiger partial charge in [-0.25, -0.2) is 0 Å². The van der Waals surface area contributed by atoms with E-state index < -0.39 is 0 Å². The smallest absolute Gasteiger partial charge is 0.280 e. The Bertz CT molecular complexity index is 727. The second kappa shape index (κ2) is 6.00. The molecule has 0 bridgehead atoms. The summed E-state index contributed by atoms with van der Waals surface area (Å²) in [4.78, 5) is 12.5. The number of hydrogen-bond donors (Lipinski definition) is 1. The monoisotopic (exact) mass is 302 g/mol. The average molecular weight is 302 g/mol. The predicted molar refractivity (Wildman–Crippen MR) is 78.1 cm³/mol. The highest BCUT2D eigenvalue weighted by atomic mass is 16.5. The van der Waals surface area contributed by atoms with Gasteiger partial charge in [-0.15, -0.1) is 0 Å². The maximum Gasteiger partial charge on any atom is 0.280 e. The molecule has 0 fully saturated rings. The highest BCUT2D eigenvalue weighted by Crippen LogP contribution is 2.25. The molecular weight excluding hydrogens is 288 g/mol. The summed E-state index contributed by atoms with van der Waals surface area (Å²) in [5.74, 6) is 0.592. The first-order valence-corrected chi connectivity index (χ1v) is 6.57. The molecule has 0 saturated carbocycles. The second-order valence-electron chi connectivity index (χ2n) is 4.60. The van der Waals surface area contributed by atoms with E-state index in [-0.39, 0.29) is 19.1 Å². The standard InChI is InChI=1S/C15H14N2O5/c1-20-9-14-13(6-11-2-3-12(7-18)22-11)15(19)17(16-14)10-4-5-21-8-10/h2-6,8,18H,7,9H2,1H3/b13-6-. The van der Waals surface area contributed by atoms with E-state index in [1.807, 2.05) is 0 Å². The van der Waals surface area contributed by atoms with Crippen LogP contribution in [0.15, 0.2) is 50.2 Å². The number of anilines is 1. The van der Waals surface area contributed by atoms with Crippen LogP contribution < -0.4 is 5.01 Å². The van der Waals surface area contributed by atoms with Gasteiger partial charge in [-0.3, -0.25) is 4.79 Å². The van der Waals surface area contributed by atoms with E-state index in [1.54, 1.807) is 24.3 Å². The highest BCUT2D eigenvalue weighted by Gasteiger charge is 2.31. The van der Waals surface area contributed by atoms with Gasteiger partial charge in [0, 0.05) is 13.2 Å². The third-order valence-electron chi connectivity index (χ3n) is 3.11. The lowest BCUT2D eigenvalue weighted by atomic mass is 10.1. The highest BCUT2D eigenvalue weighted by molar-refractivity contribution is 6.33. The van der Waals surface area contributed by atoms with Crippen LogP contribution in [0.25, 0.3) is 6.08 Å². The van der Waals surface area contributed by atoms with Crippen LogP contribution in [0.1, 0.15) is 11.5 Å². The minimum atomic E-state index is -0.296. The zero-order chi connectivity index (χ0) is 15.5. The van der Waals surface area contributed by atoms with E-state index in [9.17, 15) is 4.79 Å². The van der Waals surface area contributed by atoms with Crippen molar-refractivity contribution in [3.05, 3.63) is 47.8 Å². The van der Waals surface area contributed by atoms with Crippen LogP contribution >= 0.6 is 0 Å². The Morgan fingerprint density at radius 2 is 2.27 bits per heavy atom. The number of methoxy groups -OCH3 is 1. The molecule has 3 rings (SSSR count). The topological polar surface area (TPSA) is 88.4 Å². The molecule has 1 aliphatic rings. The van der Waals surface area contributed by atoms with E-state index in [0.29, 0.717) is 28.5 Å². The van der Waals surface area contributed by atoms with Crippen molar-refractivity contribution in [2.45, 2.75) is 6.61 Å². The second-order valence-corrected chi connectivity index (χ2v) is 4.60. The maximum absolute atomic E-state index is 12.5. The van der Waals surface area contributed by atoms with Crippen LogP contribution in [0, 0.1) is 0 Å². The number of nitrogens with zero attached hydrogens (tertiary/aromatic N) is 2. The quantitative estimate of drug-likeness (QED) is 0.851. The number of aliphatic hydroxyl groups is 1. The van der Waals surface area contributed by atoms with Crippen LogP contribution in [-0.4, -0.2) is 30.4 Å². The number of furan rings is 2. The Hall–Kier alpha value is -2.64. The van der Waals surface area contributed by atoms with Crippen LogP contribution in [0.5, 0.6) is 0 Å². The summed E-state index contributed by atoms with van der Waals surface area (Å²) < 4.78 is 15.5. The minimum absolute atomic E-state index is 0.194. The van der Waals surface area contributed by atoms with Gasteiger partial charge < -0.3 is 18.7 Å². The molecule has 1 aliphatic heterocycles. The van der Waals surface area contributed by atoms with Crippen molar-refractivity contribution in [1.29, 1.82) is 0 Å². The minimum Gasteiger partial charge on any atom is -0.470 e. The molecule has 0 saturated heterocycles. The number of hydrogen-bond acceptors (Lipinski definition) is 6. The summed E-state index contributed by atoms with van der Waals surface area (Å²) in [6.07, 6.45) is 4.49. The molecule has 3 heterocycles. The van der Waals surface area contributed by atoms with E-state index in [4.69, 9.17) is 18.7 Å². The predicted octanol–water partition coefficient (Wildman–Crippen LogP) is 1.80. The molecule has 1 amide bonds. The van der Waals surface area contributed by atoms with Crippen molar-refractivity contribution in [3.63, 3.8) is 0 Å². The summed E-state index contributed by atoms with van der Waals surface area (Å²) in [7, 11) is 1.53. The van der Waals surface area contributed by atoms with E-state index in [2.05, 4.69) is 5.10 Å². The number of carbonyl (C=O) groups excluding carboxylic acids is 1. The van der Waals surface area contributed by atoms with Gasteiger partial charge in [-0.05, 0) is 18.2 Å². The molecule has 7 heteroatoms. The molecule has 1 N–H and O–H groups in total. The van der Waals surface area contributed by atoms with Crippen LogP contribution in [-0.2, 0) is 16.1 Å². The Kier molecular flexibility index (Phi) is 3.90. The fourth-order valence-corrected chi connectivity index (χ4v) is 2.10. The SMILES string of the molecule is COCC1=NN(c2ccoc2)C(=O)/C1=C\c1ccc(CO)o1. The first-order valence-electron chi connectivity index (χ1n) is 6.57. The van der Waals surface area contributed by atoms with Gasteiger partial charge in [-0.1, -0.05) is 0 Å². The molecule has 0 atom stereocenters. The zero-order valence-electron chi connectivity index (χ0n) is 11.9. The van der Waals surface area contributed by atoms with E-state index in [1.165, 1.54) is 24.6 Å². The molecule has 0 aromatic carbocycles. The molecule has 0 spiro atoms. The number of rotatable bonds is 5. The largest absolute Gasteiger partial charge is 0.470 e. The van der Waals surface area contributed by atoms with Crippen molar-refractivity contribution in [3.8, 4) is 0 Å². The Balaban J connectivity index is 1.95. The number of ether oxygens (including phenoxy) is 1. The maximum atomic E-state index is 12.5. The van der Waals surface area contributed by atoms with Gasteiger partial charge in [-0.2, -0.15) is 10.1 Å². The lowest BCUT2D eigenvalue weighted by molar-refractivity contribution is -0.114. The molecule has 2 aromatic heterocycles. The first kappa shape index (κ1) is 14.3. The lowest BCUT2D eigenvalue weighted by Gasteiger charge is -2.07. The normalized spacial score (nSPS) is 16.6. The Morgan fingerprint density at radius 1 is 1.41 bits per heavy atom. The molecule has 0 aliphatic carbocycles. The molecule has 2 aromatic rings. The van der Waals surface area contributed by atoms with Gasteiger partial charge in [0.2, 0.25) is 0 Å². The Labute approximate surface area is 126 Å².